The molecule has 24 heavy (non-hydrogen) atoms. The second-order valence-electron chi connectivity index (χ2n) is 4.98. The van der Waals surface area contributed by atoms with Crippen molar-refractivity contribution in [1.82, 2.24) is 4.31 Å². The van der Waals surface area contributed by atoms with E-state index in [1.165, 1.54) is 15.6 Å². The molecule has 8 heteroatoms. The van der Waals surface area contributed by atoms with E-state index in [0.29, 0.717) is 32.1 Å². The zero-order chi connectivity index (χ0) is 17.6. The minimum atomic E-state index is -3.53. The number of sulfonamides is 1. The smallest absolute Gasteiger partial charge is 0.243 e. The van der Waals surface area contributed by atoms with Crippen LogP contribution in [-0.2, 0) is 21.3 Å². The highest BCUT2D eigenvalue weighted by Gasteiger charge is 2.21. The summed E-state index contributed by atoms with van der Waals surface area (Å²) in [7, 11) is -1.95. The van der Waals surface area contributed by atoms with Crippen molar-refractivity contribution in [1.29, 1.82) is 0 Å². The molecule has 0 fully saturated rings. The van der Waals surface area contributed by atoms with E-state index in [1.54, 1.807) is 31.3 Å². The van der Waals surface area contributed by atoms with Gasteiger partial charge in [0.15, 0.2) is 0 Å². The van der Waals surface area contributed by atoms with Crippen LogP contribution in [0, 0.1) is 0 Å². The maximum Gasteiger partial charge on any atom is 0.243 e. The normalized spacial score (nSPS) is 11.8. The minimum absolute atomic E-state index is 0.248. The molecule has 0 amide bonds. The Hall–Kier alpha value is -0.930. The lowest BCUT2D eigenvalue weighted by atomic mass is 10.3. The lowest BCUT2D eigenvalue weighted by molar-refractivity contribution is 0.110. The third-order valence-corrected chi connectivity index (χ3v) is 6.67. The van der Waals surface area contributed by atoms with Gasteiger partial charge in [-0.3, -0.25) is 0 Å². The number of rotatable bonds is 9. The SMILES string of the molecule is CCOCCOc1ccc(S(=O)(=O)N(C)Cc2ccc(Br)s2)cc1. The van der Waals surface area contributed by atoms with Crippen LogP contribution >= 0.6 is 27.3 Å². The molecule has 1 heterocycles. The first-order valence-corrected chi connectivity index (χ1v) is 10.5. The summed E-state index contributed by atoms with van der Waals surface area (Å²) in [5.74, 6) is 0.624. The van der Waals surface area contributed by atoms with Crippen LogP contribution in [0.5, 0.6) is 5.75 Å². The summed E-state index contributed by atoms with van der Waals surface area (Å²) < 4.78 is 38.2. The molecule has 0 aliphatic carbocycles. The molecular weight excluding hydrogens is 414 g/mol. The summed E-state index contributed by atoms with van der Waals surface area (Å²) in [6.07, 6.45) is 0. The first kappa shape index (κ1) is 19.4. The fourth-order valence-electron chi connectivity index (χ4n) is 1.99. The van der Waals surface area contributed by atoms with Crippen molar-refractivity contribution in [2.75, 3.05) is 26.9 Å². The molecule has 0 unspecified atom stereocenters. The lowest BCUT2D eigenvalue weighted by Crippen LogP contribution is -2.26. The van der Waals surface area contributed by atoms with Crippen molar-refractivity contribution < 1.29 is 17.9 Å². The van der Waals surface area contributed by atoms with E-state index in [9.17, 15) is 8.42 Å². The molecule has 0 radical (unpaired) electrons. The number of nitrogens with zero attached hydrogens (tertiary/aromatic N) is 1. The fourth-order valence-corrected chi connectivity index (χ4v) is 4.76. The Morgan fingerprint density at radius 1 is 1.12 bits per heavy atom. The van der Waals surface area contributed by atoms with Gasteiger partial charge in [0.2, 0.25) is 10.0 Å². The highest BCUT2D eigenvalue weighted by Crippen LogP contribution is 2.25. The van der Waals surface area contributed by atoms with Gasteiger partial charge >= 0.3 is 0 Å². The molecule has 0 atom stereocenters. The van der Waals surface area contributed by atoms with Gasteiger partial charge in [-0.2, -0.15) is 4.31 Å². The summed E-state index contributed by atoms with van der Waals surface area (Å²) >= 11 is 4.90. The molecule has 2 rings (SSSR count). The van der Waals surface area contributed by atoms with Crippen molar-refractivity contribution >= 4 is 37.3 Å². The summed E-state index contributed by atoms with van der Waals surface area (Å²) in [6, 6.07) is 10.3. The minimum Gasteiger partial charge on any atom is -0.491 e. The van der Waals surface area contributed by atoms with Crippen LogP contribution < -0.4 is 4.74 Å². The Bertz CT molecular complexity index is 744. The highest BCUT2D eigenvalue weighted by atomic mass is 79.9. The zero-order valence-corrected chi connectivity index (χ0v) is 16.8. The molecule has 5 nitrogen and oxygen atoms in total. The van der Waals surface area contributed by atoms with Gasteiger partial charge in [-0.1, -0.05) is 0 Å². The standard InChI is InChI=1S/C16H20BrNO4S2/c1-3-21-10-11-22-13-4-7-15(8-5-13)24(19,20)18(2)12-14-6-9-16(17)23-14/h4-9H,3,10-12H2,1-2H3. The summed E-state index contributed by atoms with van der Waals surface area (Å²) in [6.45, 7) is 3.85. The summed E-state index contributed by atoms with van der Waals surface area (Å²) in [5, 5.41) is 0. The van der Waals surface area contributed by atoms with Gasteiger partial charge in [-0.25, -0.2) is 8.42 Å². The van der Waals surface area contributed by atoms with E-state index < -0.39 is 10.0 Å². The van der Waals surface area contributed by atoms with E-state index in [2.05, 4.69) is 15.9 Å². The predicted octanol–water partition coefficient (Wildman–Crippen LogP) is 3.75. The number of hydrogen-bond acceptors (Lipinski definition) is 5. The fraction of sp³-hybridized carbons (Fsp3) is 0.375. The van der Waals surface area contributed by atoms with E-state index in [1.807, 2.05) is 19.1 Å². The molecule has 0 bridgehead atoms. The first-order valence-electron chi connectivity index (χ1n) is 7.44. The Morgan fingerprint density at radius 2 is 1.83 bits per heavy atom. The topological polar surface area (TPSA) is 55.8 Å². The van der Waals surface area contributed by atoms with Crippen molar-refractivity contribution in [3.05, 3.63) is 45.1 Å². The maximum absolute atomic E-state index is 12.6. The second-order valence-corrected chi connectivity index (χ2v) is 9.58. The molecular formula is C16H20BrNO4S2. The van der Waals surface area contributed by atoms with Crippen molar-refractivity contribution in [2.24, 2.45) is 0 Å². The molecule has 132 valence electrons. The van der Waals surface area contributed by atoms with E-state index in [4.69, 9.17) is 9.47 Å². The number of halogens is 1. The van der Waals surface area contributed by atoms with Gasteiger partial charge in [0.05, 0.1) is 15.3 Å². The first-order chi connectivity index (χ1) is 11.4. The molecule has 2 aromatic rings. The van der Waals surface area contributed by atoms with Crippen LogP contribution in [0.2, 0.25) is 0 Å². The Labute approximate surface area is 155 Å². The molecule has 0 aliphatic heterocycles. The van der Waals surface area contributed by atoms with Crippen LogP contribution in [0.3, 0.4) is 0 Å². The van der Waals surface area contributed by atoms with Crippen LogP contribution in [0.15, 0.2) is 45.1 Å². The quantitative estimate of drug-likeness (QED) is 0.565. The van der Waals surface area contributed by atoms with Crippen LogP contribution in [0.25, 0.3) is 0 Å². The predicted molar refractivity (Wildman–Crippen MR) is 99.1 cm³/mol. The number of ether oxygens (including phenoxy) is 2. The Kier molecular flexibility index (Phi) is 7.24. The molecule has 1 aromatic carbocycles. The Balaban J connectivity index is 2.00. The molecule has 0 N–H and O–H groups in total. The van der Waals surface area contributed by atoms with Crippen molar-refractivity contribution in [3.63, 3.8) is 0 Å². The second kappa shape index (κ2) is 8.96. The van der Waals surface area contributed by atoms with Gasteiger partial charge in [0.25, 0.3) is 0 Å². The van der Waals surface area contributed by atoms with Gasteiger partial charge < -0.3 is 9.47 Å². The van der Waals surface area contributed by atoms with Gasteiger partial charge in [-0.15, -0.1) is 11.3 Å². The van der Waals surface area contributed by atoms with E-state index >= 15 is 0 Å². The Morgan fingerprint density at radius 3 is 2.42 bits per heavy atom. The van der Waals surface area contributed by atoms with Crippen LogP contribution in [0.4, 0.5) is 0 Å². The third-order valence-electron chi connectivity index (χ3n) is 3.24. The van der Waals surface area contributed by atoms with Gasteiger partial charge in [-0.05, 0) is 59.3 Å². The third kappa shape index (κ3) is 5.29. The molecule has 1 aromatic heterocycles. The molecule has 0 saturated carbocycles. The molecule has 0 aliphatic rings. The van der Waals surface area contributed by atoms with Gasteiger partial charge in [0.1, 0.15) is 12.4 Å². The van der Waals surface area contributed by atoms with Crippen molar-refractivity contribution in [2.45, 2.75) is 18.4 Å². The van der Waals surface area contributed by atoms with E-state index in [-0.39, 0.29) is 4.90 Å². The van der Waals surface area contributed by atoms with Gasteiger partial charge in [0, 0.05) is 25.1 Å². The number of thiophene rings is 1. The number of benzene rings is 1. The average molecular weight is 434 g/mol. The summed E-state index contributed by atoms with van der Waals surface area (Å²) in [5.41, 5.74) is 0. The zero-order valence-electron chi connectivity index (χ0n) is 13.6. The highest BCUT2D eigenvalue weighted by molar-refractivity contribution is 9.11. The van der Waals surface area contributed by atoms with Crippen LogP contribution in [-0.4, -0.2) is 39.6 Å². The lowest BCUT2D eigenvalue weighted by Gasteiger charge is -2.16. The largest absolute Gasteiger partial charge is 0.491 e. The summed E-state index contributed by atoms with van der Waals surface area (Å²) in [4.78, 5) is 1.22. The average Bonchev–Trinajstić information content (AvgIpc) is 2.97. The van der Waals surface area contributed by atoms with Crippen LogP contribution in [0.1, 0.15) is 11.8 Å². The van der Waals surface area contributed by atoms with Crippen molar-refractivity contribution in [3.8, 4) is 5.75 Å². The van der Waals surface area contributed by atoms with E-state index in [0.717, 1.165) is 8.66 Å². The maximum atomic E-state index is 12.6. The monoisotopic (exact) mass is 433 g/mol. The number of hydrogen-bond donors (Lipinski definition) is 0. The molecule has 0 saturated heterocycles. The molecule has 0 spiro atoms.